The van der Waals surface area contributed by atoms with E-state index in [1.807, 2.05) is 24.3 Å². The van der Waals surface area contributed by atoms with Gasteiger partial charge in [0.15, 0.2) is 0 Å². The Hall–Kier alpha value is -1.70. The van der Waals surface area contributed by atoms with Gasteiger partial charge in [0.25, 0.3) is 0 Å². The van der Waals surface area contributed by atoms with Crippen molar-refractivity contribution >= 4 is 31.9 Å². The molecule has 0 spiro atoms. The molecule has 2 aromatic carbocycles. The first-order valence-electron chi connectivity index (χ1n) is 8.87. The highest BCUT2D eigenvalue weighted by Crippen LogP contribution is 2.38. The highest BCUT2D eigenvalue weighted by Gasteiger charge is 2.43. The Bertz CT molecular complexity index is 907. The van der Waals surface area contributed by atoms with Crippen LogP contribution >= 0.6 is 15.9 Å². The number of hydrogen-bond acceptors (Lipinski definition) is 3. The number of aryl methyl sites for hydroxylation is 1. The second kappa shape index (κ2) is 8.12. The summed E-state index contributed by atoms with van der Waals surface area (Å²) in [5, 5.41) is 9.86. The summed E-state index contributed by atoms with van der Waals surface area (Å²) in [5.41, 5.74) is 0.176. The summed E-state index contributed by atoms with van der Waals surface area (Å²) in [5.74, 6) is -0.841. The molecule has 1 heterocycles. The van der Waals surface area contributed by atoms with Crippen molar-refractivity contribution in [1.82, 2.24) is 4.31 Å². The third-order valence-electron chi connectivity index (χ3n) is 5.34. The average molecular weight is 452 g/mol. The lowest BCUT2D eigenvalue weighted by molar-refractivity contribution is -0.152. The molecule has 144 valence electrons. The Morgan fingerprint density at radius 3 is 2.22 bits per heavy atom. The van der Waals surface area contributed by atoms with Gasteiger partial charge in [0.2, 0.25) is 10.0 Å². The molecule has 1 saturated heterocycles. The molecule has 1 aliphatic rings. The van der Waals surface area contributed by atoms with Crippen molar-refractivity contribution in [3.05, 3.63) is 64.6 Å². The summed E-state index contributed by atoms with van der Waals surface area (Å²) in [4.78, 5) is 12.3. The fourth-order valence-corrected chi connectivity index (χ4v) is 5.49. The number of halogens is 1. The molecule has 0 atom stereocenters. The van der Waals surface area contributed by atoms with E-state index in [0.29, 0.717) is 25.7 Å². The van der Waals surface area contributed by atoms with Gasteiger partial charge in [-0.2, -0.15) is 4.31 Å². The molecule has 2 aromatic rings. The molecule has 1 N–H and O–H groups in total. The predicted octanol–water partition coefficient (Wildman–Crippen LogP) is 3.94. The quantitative estimate of drug-likeness (QED) is 0.721. The summed E-state index contributed by atoms with van der Waals surface area (Å²) in [7, 11) is -3.58. The Morgan fingerprint density at radius 2 is 1.63 bits per heavy atom. The van der Waals surface area contributed by atoms with E-state index in [0.717, 1.165) is 10.0 Å². The number of aliphatic carboxylic acids is 1. The van der Waals surface area contributed by atoms with E-state index in [-0.39, 0.29) is 18.0 Å². The predicted molar refractivity (Wildman–Crippen MR) is 107 cm³/mol. The zero-order valence-electron chi connectivity index (χ0n) is 14.8. The van der Waals surface area contributed by atoms with Gasteiger partial charge >= 0.3 is 5.97 Å². The van der Waals surface area contributed by atoms with Gasteiger partial charge in [-0.1, -0.05) is 52.3 Å². The van der Waals surface area contributed by atoms with Gasteiger partial charge in [-0.25, -0.2) is 8.42 Å². The van der Waals surface area contributed by atoms with Gasteiger partial charge in [0, 0.05) is 17.6 Å². The maximum atomic E-state index is 12.8. The molecule has 0 amide bonds. The van der Waals surface area contributed by atoms with Crippen LogP contribution < -0.4 is 0 Å². The largest absolute Gasteiger partial charge is 0.481 e. The SMILES string of the molecule is O=C(O)C1(CCc2ccccc2Br)CCN(S(=O)(=O)c2ccccc2)CC1. The topological polar surface area (TPSA) is 74.7 Å². The van der Waals surface area contributed by atoms with Crippen molar-refractivity contribution in [3.8, 4) is 0 Å². The van der Waals surface area contributed by atoms with Crippen LogP contribution in [0.15, 0.2) is 64.0 Å². The van der Waals surface area contributed by atoms with Gasteiger partial charge in [0.05, 0.1) is 10.3 Å². The lowest BCUT2D eigenvalue weighted by Gasteiger charge is -2.38. The normalized spacial score (nSPS) is 17.5. The van der Waals surface area contributed by atoms with Crippen LogP contribution in [0.25, 0.3) is 0 Å². The van der Waals surface area contributed by atoms with Crippen molar-refractivity contribution in [2.45, 2.75) is 30.6 Å². The first-order valence-corrected chi connectivity index (χ1v) is 11.1. The van der Waals surface area contributed by atoms with Crippen molar-refractivity contribution in [2.24, 2.45) is 5.41 Å². The van der Waals surface area contributed by atoms with E-state index < -0.39 is 21.4 Å². The monoisotopic (exact) mass is 451 g/mol. The standard InChI is InChI=1S/C20H22BrNO4S/c21-18-9-5-4-6-16(18)10-11-20(19(23)24)12-14-22(15-13-20)27(25,26)17-7-2-1-3-8-17/h1-9H,10-15H2,(H,23,24). The minimum atomic E-state index is -3.58. The molecule has 3 rings (SSSR count). The molecular weight excluding hydrogens is 430 g/mol. The van der Waals surface area contributed by atoms with Gasteiger partial charge in [-0.05, 0) is 49.4 Å². The number of carboxylic acid groups (broad SMARTS) is 1. The number of piperidine rings is 1. The Kier molecular flexibility index (Phi) is 6.03. The highest BCUT2D eigenvalue weighted by atomic mass is 79.9. The lowest BCUT2D eigenvalue weighted by Crippen LogP contribution is -2.46. The van der Waals surface area contributed by atoms with Crippen LogP contribution in [0.5, 0.6) is 0 Å². The van der Waals surface area contributed by atoms with Crippen LogP contribution in [0.1, 0.15) is 24.8 Å². The van der Waals surface area contributed by atoms with Crippen LogP contribution in [-0.4, -0.2) is 36.9 Å². The zero-order chi connectivity index (χ0) is 19.5. The molecule has 0 radical (unpaired) electrons. The zero-order valence-corrected chi connectivity index (χ0v) is 17.2. The molecule has 0 aliphatic carbocycles. The summed E-state index contributed by atoms with van der Waals surface area (Å²) in [6, 6.07) is 16.1. The maximum Gasteiger partial charge on any atom is 0.309 e. The van der Waals surface area contributed by atoms with Crippen molar-refractivity contribution < 1.29 is 18.3 Å². The third kappa shape index (κ3) is 4.25. The first-order chi connectivity index (χ1) is 12.8. The number of carboxylic acids is 1. The average Bonchev–Trinajstić information content (AvgIpc) is 2.68. The molecule has 0 aromatic heterocycles. The van der Waals surface area contributed by atoms with Gasteiger partial charge < -0.3 is 5.11 Å². The third-order valence-corrected chi connectivity index (χ3v) is 8.03. The van der Waals surface area contributed by atoms with Crippen LogP contribution in [0.4, 0.5) is 0 Å². The van der Waals surface area contributed by atoms with E-state index in [9.17, 15) is 18.3 Å². The first kappa shape index (κ1) is 20.0. The molecule has 1 aliphatic heterocycles. The minimum Gasteiger partial charge on any atom is -0.481 e. The number of carbonyl (C=O) groups is 1. The summed E-state index contributed by atoms with van der Waals surface area (Å²) in [6.07, 6.45) is 1.76. The lowest BCUT2D eigenvalue weighted by atomic mass is 9.74. The fourth-order valence-electron chi connectivity index (χ4n) is 3.54. The number of sulfonamides is 1. The summed E-state index contributed by atoms with van der Waals surface area (Å²) in [6.45, 7) is 0.443. The Balaban J connectivity index is 1.72. The van der Waals surface area contributed by atoms with Gasteiger partial charge in [-0.15, -0.1) is 0 Å². The highest BCUT2D eigenvalue weighted by molar-refractivity contribution is 9.10. The Labute approximate surface area is 168 Å². The minimum absolute atomic E-state index is 0.222. The maximum absolute atomic E-state index is 12.8. The van der Waals surface area contributed by atoms with Crippen LogP contribution in [0.2, 0.25) is 0 Å². The van der Waals surface area contributed by atoms with Crippen molar-refractivity contribution in [3.63, 3.8) is 0 Å². The molecule has 7 heteroatoms. The molecular formula is C20H22BrNO4S. The van der Waals surface area contributed by atoms with Crippen LogP contribution in [-0.2, 0) is 21.2 Å². The number of benzene rings is 2. The van der Waals surface area contributed by atoms with E-state index >= 15 is 0 Å². The summed E-state index contributed by atoms with van der Waals surface area (Å²) < 4.78 is 27.9. The number of nitrogens with zero attached hydrogens (tertiary/aromatic N) is 1. The second-order valence-corrected chi connectivity index (χ2v) is 9.69. The van der Waals surface area contributed by atoms with Crippen LogP contribution in [0.3, 0.4) is 0 Å². The molecule has 5 nitrogen and oxygen atoms in total. The van der Waals surface area contributed by atoms with E-state index in [1.165, 1.54) is 4.31 Å². The second-order valence-electron chi connectivity index (χ2n) is 6.89. The smallest absolute Gasteiger partial charge is 0.309 e. The molecule has 27 heavy (non-hydrogen) atoms. The van der Waals surface area contributed by atoms with E-state index in [2.05, 4.69) is 15.9 Å². The van der Waals surface area contributed by atoms with Gasteiger partial charge in [-0.3, -0.25) is 4.79 Å². The molecule has 0 bridgehead atoms. The van der Waals surface area contributed by atoms with E-state index in [1.54, 1.807) is 30.3 Å². The summed E-state index contributed by atoms with van der Waals surface area (Å²) >= 11 is 3.50. The Morgan fingerprint density at radius 1 is 1.04 bits per heavy atom. The number of rotatable bonds is 6. The molecule has 0 saturated carbocycles. The van der Waals surface area contributed by atoms with E-state index in [4.69, 9.17) is 0 Å². The van der Waals surface area contributed by atoms with Crippen molar-refractivity contribution in [2.75, 3.05) is 13.1 Å². The van der Waals surface area contributed by atoms with Crippen LogP contribution in [0, 0.1) is 5.41 Å². The van der Waals surface area contributed by atoms with Crippen molar-refractivity contribution in [1.29, 1.82) is 0 Å². The molecule has 0 unspecified atom stereocenters. The molecule has 1 fully saturated rings. The number of hydrogen-bond donors (Lipinski definition) is 1. The fraction of sp³-hybridized carbons (Fsp3) is 0.350. The van der Waals surface area contributed by atoms with Gasteiger partial charge in [0.1, 0.15) is 0 Å².